The maximum Gasteiger partial charge on any atom is 0.328 e. The van der Waals surface area contributed by atoms with E-state index in [1.807, 2.05) is 19.9 Å². The fraction of sp³-hybridized carbons (Fsp3) is 0.462. The predicted octanol–water partition coefficient (Wildman–Crippen LogP) is 1.54. The van der Waals surface area contributed by atoms with Crippen molar-refractivity contribution >= 4 is 17.5 Å². The first-order valence-electron chi connectivity index (χ1n) is 5.98. The minimum atomic E-state index is -0.507. The molecule has 0 amide bonds. The van der Waals surface area contributed by atoms with Crippen molar-refractivity contribution in [2.75, 3.05) is 18.2 Å². The molecule has 0 aliphatic heterocycles. The second kappa shape index (κ2) is 6.59. The van der Waals surface area contributed by atoms with Gasteiger partial charge in [0.2, 0.25) is 0 Å². The molecule has 19 heavy (non-hydrogen) atoms. The van der Waals surface area contributed by atoms with Gasteiger partial charge in [0.05, 0.1) is 18.4 Å². The van der Waals surface area contributed by atoms with E-state index in [0.29, 0.717) is 29.4 Å². The summed E-state index contributed by atoms with van der Waals surface area (Å²) in [4.78, 5) is 15.7. The van der Waals surface area contributed by atoms with Crippen molar-refractivity contribution in [2.45, 2.75) is 26.3 Å². The Bertz CT molecular complexity index is 494. The Morgan fingerprint density at radius 3 is 2.79 bits per heavy atom. The molecule has 0 saturated carbocycles. The molecule has 0 spiro atoms. The first-order chi connectivity index (χ1) is 8.97. The Hall–Kier alpha value is -2.29. The Kier molecular flexibility index (Phi) is 5.12. The van der Waals surface area contributed by atoms with Gasteiger partial charge >= 0.3 is 5.97 Å². The summed E-state index contributed by atoms with van der Waals surface area (Å²) in [7, 11) is 1.34. The smallest absolute Gasteiger partial charge is 0.328 e. The van der Waals surface area contributed by atoms with E-state index in [0.717, 1.165) is 0 Å². The number of nitrogens with two attached hydrogens (primary N) is 1. The van der Waals surface area contributed by atoms with Crippen LogP contribution in [0.4, 0.5) is 11.5 Å². The van der Waals surface area contributed by atoms with E-state index in [2.05, 4.69) is 10.3 Å². The molecule has 0 radical (unpaired) electrons. The van der Waals surface area contributed by atoms with Crippen LogP contribution in [0.1, 0.15) is 25.8 Å². The van der Waals surface area contributed by atoms with Crippen molar-refractivity contribution in [2.24, 2.45) is 5.92 Å². The molecule has 1 unspecified atom stereocenters. The van der Waals surface area contributed by atoms with Crippen LogP contribution in [0, 0.1) is 17.2 Å². The number of ether oxygens (including phenoxy) is 1. The lowest BCUT2D eigenvalue weighted by molar-refractivity contribution is -0.141. The molecule has 0 aliphatic carbocycles. The van der Waals surface area contributed by atoms with Crippen molar-refractivity contribution in [3.63, 3.8) is 0 Å². The van der Waals surface area contributed by atoms with E-state index in [4.69, 9.17) is 15.7 Å². The van der Waals surface area contributed by atoms with E-state index in [9.17, 15) is 4.79 Å². The predicted molar refractivity (Wildman–Crippen MR) is 72.2 cm³/mol. The number of rotatable bonds is 5. The number of pyridine rings is 1. The summed E-state index contributed by atoms with van der Waals surface area (Å²) in [6.07, 6.45) is 2.01. The normalized spacial score (nSPS) is 11.7. The van der Waals surface area contributed by atoms with Crippen LogP contribution in [-0.4, -0.2) is 24.1 Å². The van der Waals surface area contributed by atoms with Crippen molar-refractivity contribution in [3.8, 4) is 6.07 Å². The highest BCUT2D eigenvalue weighted by Crippen LogP contribution is 2.19. The third-order valence-electron chi connectivity index (χ3n) is 2.55. The number of nitriles is 1. The van der Waals surface area contributed by atoms with Gasteiger partial charge < -0.3 is 15.8 Å². The summed E-state index contributed by atoms with van der Waals surface area (Å²) in [6.45, 7) is 4.01. The number of methoxy groups -OCH3 is 1. The Balaban J connectivity index is 2.90. The van der Waals surface area contributed by atoms with Gasteiger partial charge in [0, 0.05) is 6.20 Å². The first-order valence-corrected chi connectivity index (χ1v) is 5.98. The summed E-state index contributed by atoms with van der Waals surface area (Å²) in [5.41, 5.74) is 6.50. The maximum absolute atomic E-state index is 11.7. The maximum atomic E-state index is 11.7. The summed E-state index contributed by atoms with van der Waals surface area (Å²) < 4.78 is 4.75. The van der Waals surface area contributed by atoms with Gasteiger partial charge in [-0.15, -0.1) is 0 Å². The van der Waals surface area contributed by atoms with Gasteiger partial charge in [-0.25, -0.2) is 9.78 Å². The zero-order valence-corrected chi connectivity index (χ0v) is 11.3. The van der Waals surface area contributed by atoms with Gasteiger partial charge in [-0.2, -0.15) is 5.26 Å². The number of esters is 1. The second-order valence-corrected chi connectivity index (χ2v) is 4.62. The number of nitrogen functional groups attached to an aromatic ring is 1. The second-order valence-electron chi connectivity index (χ2n) is 4.62. The van der Waals surface area contributed by atoms with E-state index in [1.54, 1.807) is 0 Å². The number of hydrogen-bond donors (Lipinski definition) is 2. The summed E-state index contributed by atoms with van der Waals surface area (Å²) in [6, 6.07) is 2.96. The number of aromatic nitrogens is 1. The van der Waals surface area contributed by atoms with Crippen LogP contribution in [0.2, 0.25) is 0 Å². The molecule has 0 bridgehead atoms. The number of carbonyl (C=O) groups is 1. The van der Waals surface area contributed by atoms with Gasteiger partial charge in [0.1, 0.15) is 17.9 Å². The fourth-order valence-electron chi connectivity index (χ4n) is 1.66. The van der Waals surface area contributed by atoms with Crippen LogP contribution in [0.5, 0.6) is 0 Å². The molecular formula is C13H18N4O2. The minimum absolute atomic E-state index is 0.316. The van der Waals surface area contributed by atoms with Crippen molar-refractivity contribution in [1.29, 1.82) is 5.26 Å². The molecule has 0 aliphatic rings. The third kappa shape index (κ3) is 4.14. The van der Waals surface area contributed by atoms with Gasteiger partial charge in [-0.05, 0) is 18.4 Å². The third-order valence-corrected chi connectivity index (χ3v) is 2.55. The molecular weight excluding hydrogens is 244 g/mol. The fourth-order valence-corrected chi connectivity index (χ4v) is 1.66. The van der Waals surface area contributed by atoms with E-state index >= 15 is 0 Å². The largest absolute Gasteiger partial charge is 0.467 e. The van der Waals surface area contributed by atoms with Crippen molar-refractivity contribution < 1.29 is 9.53 Å². The highest BCUT2D eigenvalue weighted by atomic mass is 16.5. The lowest BCUT2D eigenvalue weighted by atomic mass is 10.0. The average molecular weight is 262 g/mol. The quantitative estimate of drug-likeness (QED) is 0.780. The van der Waals surface area contributed by atoms with Crippen LogP contribution in [0.3, 0.4) is 0 Å². The number of hydrogen-bond acceptors (Lipinski definition) is 6. The SMILES string of the molecule is COC(=O)C(CC(C)C)Nc1ncc(C#N)cc1N. The lowest BCUT2D eigenvalue weighted by Gasteiger charge is -2.19. The topological polar surface area (TPSA) is 101 Å². The van der Waals surface area contributed by atoms with Crippen molar-refractivity contribution in [3.05, 3.63) is 17.8 Å². The van der Waals surface area contributed by atoms with Crippen LogP contribution in [-0.2, 0) is 9.53 Å². The van der Waals surface area contributed by atoms with Crippen LogP contribution >= 0.6 is 0 Å². The van der Waals surface area contributed by atoms with Crippen LogP contribution in [0.15, 0.2) is 12.3 Å². The molecule has 1 rings (SSSR count). The van der Waals surface area contributed by atoms with Gasteiger partial charge in [0.15, 0.2) is 0 Å². The Morgan fingerprint density at radius 2 is 2.32 bits per heavy atom. The van der Waals surface area contributed by atoms with Crippen LogP contribution in [0.25, 0.3) is 0 Å². The molecule has 0 aromatic carbocycles. The highest BCUT2D eigenvalue weighted by molar-refractivity contribution is 5.80. The summed E-state index contributed by atoms with van der Waals surface area (Å²) in [5.74, 6) is 0.338. The molecule has 1 aromatic rings. The highest BCUT2D eigenvalue weighted by Gasteiger charge is 2.21. The van der Waals surface area contributed by atoms with E-state index < -0.39 is 6.04 Å². The van der Waals surface area contributed by atoms with E-state index in [-0.39, 0.29) is 5.97 Å². The van der Waals surface area contributed by atoms with Crippen molar-refractivity contribution in [1.82, 2.24) is 4.98 Å². The molecule has 102 valence electrons. The Morgan fingerprint density at radius 1 is 1.63 bits per heavy atom. The van der Waals surface area contributed by atoms with Crippen LogP contribution < -0.4 is 11.1 Å². The van der Waals surface area contributed by atoms with Gasteiger partial charge in [-0.3, -0.25) is 0 Å². The zero-order valence-electron chi connectivity index (χ0n) is 11.3. The van der Waals surface area contributed by atoms with Gasteiger partial charge in [-0.1, -0.05) is 13.8 Å². The molecule has 6 nitrogen and oxygen atoms in total. The molecule has 1 atom stereocenters. The standard InChI is InChI=1S/C13H18N4O2/c1-8(2)4-11(13(18)19-3)17-12-10(15)5-9(6-14)7-16-12/h5,7-8,11H,4,15H2,1-3H3,(H,16,17). The number of carbonyl (C=O) groups excluding carboxylic acids is 1. The molecule has 3 N–H and O–H groups in total. The first kappa shape index (κ1) is 14.8. The van der Waals surface area contributed by atoms with E-state index in [1.165, 1.54) is 19.4 Å². The summed E-state index contributed by atoms with van der Waals surface area (Å²) >= 11 is 0. The molecule has 0 saturated heterocycles. The summed E-state index contributed by atoms with van der Waals surface area (Å²) in [5, 5.41) is 11.7. The van der Waals surface area contributed by atoms with Gasteiger partial charge in [0.25, 0.3) is 0 Å². The zero-order chi connectivity index (χ0) is 14.4. The molecule has 6 heteroatoms. The number of anilines is 2. The molecule has 0 fully saturated rings. The lowest BCUT2D eigenvalue weighted by Crippen LogP contribution is -2.32. The average Bonchev–Trinajstić information content (AvgIpc) is 2.38. The monoisotopic (exact) mass is 262 g/mol. The molecule has 1 aromatic heterocycles. The minimum Gasteiger partial charge on any atom is -0.467 e. The number of nitrogens with one attached hydrogen (secondary N) is 1. The number of nitrogens with zero attached hydrogens (tertiary/aromatic N) is 2. The molecule has 1 heterocycles. The Labute approximate surface area is 112 Å².